The van der Waals surface area contributed by atoms with Crippen molar-refractivity contribution in [3.8, 4) is 0 Å². The summed E-state index contributed by atoms with van der Waals surface area (Å²) >= 11 is 0. The van der Waals surface area contributed by atoms with Crippen LogP contribution in [0.1, 0.15) is 39.5 Å². The Kier molecular flexibility index (Phi) is 12.3. The highest BCUT2D eigenvalue weighted by Gasteiger charge is 2.13. The Hall–Kier alpha value is -0.433. The first-order chi connectivity index (χ1) is 9.10. The molecule has 0 radical (unpaired) electrons. The lowest BCUT2D eigenvalue weighted by Crippen LogP contribution is -2.27. The molecule has 0 saturated heterocycles. The van der Waals surface area contributed by atoms with Gasteiger partial charge in [0.2, 0.25) is 0 Å². The van der Waals surface area contributed by atoms with Crippen LogP contribution in [-0.4, -0.2) is 58.6 Å². The van der Waals surface area contributed by atoms with Crippen molar-refractivity contribution in [1.82, 2.24) is 4.90 Å². The molecule has 0 rings (SSSR count). The second-order valence-corrected chi connectivity index (χ2v) is 6.86. The maximum atomic E-state index is 10.5. The van der Waals surface area contributed by atoms with Crippen LogP contribution in [0.4, 0.5) is 0 Å². The number of aliphatic carboxylic acids is 1. The van der Waals surface area contributed by atoms with Crippen LogP contribution in [0, 0.1) is 0 Å². The molecule has 0 aliphatic carbocycles. The van der Waals surface area contributed by atoms with Gasteiger partial charge in [0, 0.05) is 19.8 Å². The molecule has 0 aromatic rings. The first-order valence-corrected chi connectivity index (χ1v) is 8.99. The number of carboxylic acids is 1. The Labute approximate surface area is 118 Å². The van der Waals surface area contributed by atoms with Gasteiger partial charge in [-0.1, -0.05) is 13.8 Å². The maximum Gasteiger partial charge on any atom is 0.321 e. The van der Waals surface area contributed by atoms with Gasteiger partial charge in [-0.15, -0.1) is 0 Å². The Bertz CT molecular complexity index is 221. The molecule has 5 nitrogen and oxygen atoms in total. The third kappa shape index (κ3) is 12.3. The predicted molar refractivity (Wildman–Crippen MR) is 78.8 cm³/mol. The van der Waals surface area contributed by atoms with E-state index in [0.717, 1.165) is 45.1 Å². The number of hydrogen-bond acceptors (Lipinski definition) is 4. The van der Waals surface area contributed by atoms with Crippen molar-refractivity contribution < 1.29 is 18.8 Å². The largest absolute Gasteiger partial charge is 0.481 e. The van der Waals surface area contributed by atoms with Gasteiger partial charge in [-0.05, 0) is 38.9 Å². The molecule has 114 valence electrons. The normalized spacial score (nSPS) is 11.4. The molecular weight excluding hydrogens is 262 g/mol. The summed E-state index contributed by atoms with van der Waals surface area (Å²) in [6, 6.07) is 0.997. The third-order valence-electron chi connectivity index (χ3n) is 2.70. The van der Waals surface area contributed by atoms with Gasteiger partial charge in [0.05, 0.1) is 6.42 Å². The van der Waals surface area contributed by atoms with E-state index in [2.05, 4.69) is 18.7 Å². The molecule has 1 N–H and O–H groups in total. The second kappa shape index (κ2) is 12.6. The molecule has 6 heteroatoms. The van der Waals surface area contributed by atoms with Crippen molar-refractivity contribution >= 4 is 15.3 Å². The standard InChI is InChI=1S/C13H29NO4Si/c1-4-10-17-19(18-11-5-2)12-6-8-14(3)9-7-13(15)16/h19H,4-12H2,1-3H3,(H,15,16). The van der Waals surface area contributed by atoms with Gasteiger partial charge < -0.3 is 18.9 Å². The Balaban J connectivity index is 3.73. The molecule has 0 atom stereocenters. The molecule has 0 aromatic heterocycles. The molecule has 0 amide bonds. The number of carbonyl (C=O) groups is 1. The summed E-state index contributed by atoms with van der Waals surface area (Å²) in [7, 11) is 0.447. The Morgan fingerprint density at radius 1 is 1.16 bits per heavy atom. The number of nitrogens with zero attached hydrogens (tertiary/aromatic N) is 1. The van der Waals surface area contributed by atoms with Crippen LogP contribution in [0.2, 0.25) is 6.04 Å². The Morgan fingerprint density at radius 2 is 1.74 bits per heavy atom. The summed E-state index contributed by atoms with van der Waals surface area (Å²) < 4.78 is 11.6. The zero-order valence-electron chi connectivity index (χ0n) is 12.6. The van der Waals surface area contributed by atoms with Crippen molar-refractivity contribution in [2.45, 2.75) is 45.6 Å². The fraction of sp³-hybridized carbons (Fsp3) is 0.923. The average Bonchev–Trinajstić information content (AvgIpc) is 2.38. The molecule has 0 aromatic carbocycles. The first kappa shape index (κ1) is 18.6. The van der Waals surface area contributed by atoms with Crippen LogP contribution in [-0.2, 0) is 13.6 Å². The molecule has 0 fully saturated rings. The zero-order chi connectivity index (χ0) is 14.5. The number of hydrogen-bond donors (Lipinski definition) is 1. The maximum absolute atomic E-state index is 10.5. The predicted octanol–water partition coefficient (Wildman–Crippen LogP) is 1.86. The third-order valence-corrected chi connectivity index (χ3v) is 4.80. The van der Waals surface area contributed by atoms with E-state index < -0.39 is 15.3 Å². The molecule has 19 heavy (non-hydrogen) atoms. The van der Waals surface area contributed by atoms with Gasteiger partial charge in [-0.25, -0.2) is 0 Å². The van der Waals surface area contributed by atoms with Crippen LogP contribution in [0.15, 0.2) is 0 Å². The highest BCUT2D eigenvalue weighted by Crippen LogP contribution is 2.04. The lowest BCUT2D eigenvalue weighted by atomic mass is 10.3. The van der Waals surface area contributed by atoms with Crippen molar-refractivity contribution in [3.63, 3.8) is 0 Å². The smallest absolute Gasteiger partial charge is 0.321 e. The summed E-state index contributed by atoms with van der Waals surface area (Å²) in [6.45, 7) is 7.29. The molecule has 0 aliphatic rings. The van der Waals surface area contributed by atoms with Crippen LogP contribution in [0.3, 0.4) is 0 Å². The zero-order valence-corrected chi connectivity index (χ0v) is 13.7. The van der Waals surface area contributed by atoms with Crippen molar-refractivity contribution in [2.24, 2.45) is 0 Å². The van der Waals surface area contributed by atoms with Gasteiger partial charge >= 0.3 is 15.3 Å². The minimum atomic E-state index is -1.51. The number of rotatable bonds is 13. The van der Waals surface area contributed by atoms with E-state index in [9.17, 15) is 4.79 Å². The summed E-state index contributed by atoms with van der Waals surface area (Å²) in [5.74, 6) is -0.739. The van der Waals surface area contributed by atoms with Gasteiger partial charge in [-0.3, -0.25) is 4.79 Å². The van der Waals surface area contributed by atoms with E-state index in [-0.39, 0.29) is 6.42 Å². The minimum Gasteiger partial charge on any atom is -0.481 e. The monoisotopic (exact) mass is 291 g/mol. The van der Waals surface area contributed by atoms with Gasteiger partial charge in [-0.2, -0.15) is 0 Å². The van der Waals surface area contributed by atoms with E-state index in [0.29, 0.717) is 6.54 Å². The van der Waals surface area contributed by atoms with Crippen molar-refractivity contribution in [3.05, 3.63) is 0 Å². The van der Waals surface area contributed by atoms with Crippen LogP contribution in [0.25, 0.3) is 0 Å². The van der Waals surface area contributed by atoms with E-state index in [1.807, 2.05) is 7.05 Å². The van der Waals surface area contributed by atoms with Crippen molar-refractivity contribution in [1.29, 1.82) is 0 Å². The molecule has 0 bridgehead atoms. The topological polar surface area (TPSA) is 59.0 Å². The average molecular weight is 291 g/mol. The summed E-state index contributed by atoms with van der Waals surface area (Å²) in [5.41, 5.74) is 0. The van der Waals surface area contributed by atoms with Gasteiger partial charge in [0.15, 0.2) is 0 Å². The van der Waals surface area contributed by atoms with Crippen LogP contribution < -0.4 is 0 Å². The Morgan fingerprint density at radius 3 is 2.21 bits per heavy atom. The quantitative estimate of drug-likeness (QED) is 0.525. The highest BCUT2D eigenvalue weighted by atomic mass is 28.3. The van der Waals surface area contributed by atoms with Crippen molar-refractivity contribution in [2.75, 3.05) is 33.4 Å². The summed E-state index contributed by atoms with van der Waals surface area (Å²) in [4.78, 5) is 12.5. The highest BCUT2D eigenvalue weighted by molar-refractivity contribution is 6.44. The summed E-state index contributed by atoms with van der Waals surface area (Å²) in [5, 5.41) is 8.61. The van der Waals surface area contributed by atoms with Gasteiger partial charge in [0.25, 0.3) is 0 Å². The SMILES string of the molecule is CCCO[SiH](CCCN(C)CCC(=O)O)OCCC. The fourth-order valence-electron chi connectivity index (χ4n) is 1.64. The lowest BCUT2D eigenvalue weighted by Gasteiger charge is -2.19. The van der Waals surface area contributed by atoms with Gasteiger partial charge in [0.1, 0.15) is 0 Å². The molecule has 0 aliphatic heterocycles. The van der Waals surface area contributed by atoms with Crippen LogP contribution >= 0.6 is 0 Å². The molecule has 0 spiro atoms. The summed E-state index contributed by atoms with van der Waals surface area (Å²) in [6.07, 6.45) is 3.27. The molecule has 0 heterocycles. The molecular formula is C13H29NO4Si. The van der Waals surface area contributed by atoms with E-state index in [1.165, 1.54) is 0 Å². The fourth-order valence-corrected chi connectivity index (χ4v) is 3.58. The van der Waals surface area contributed by atoms with E-state index >= 15 is 0 Å². The minimum absolute atomic E-state index is 0.204. The van der Waals surface area contributed by atoms with E-state index in [1.54, 1.807) is 0 Å². The lowest BCUT2D eigenvalue weighted by molar-refractivity contribution is -0.137. The van der Waals surface area contributed by atoms with Crippen LogP contribution in [0.5, 0.6) is 0 Å². The molecule has 0 unspecified atom stereocenters. The van der Waals surface area contributed by atoms with E-state index in [4.69, 9.17) is 14.0 Å². The molecule has 0 saturated carbocycles. The second-order valence-electron chi connectivity index (χ2n) is 4.76. The first-order valence-electron chi connectivity index (χ1n) is 7.23. The number of carboxylic acid groups (broad SMARTS) is 1.